The Balaban J connectivity index is 0.000000258. The topological polar surface area (TPSA) is 104 Å². The van der Waals surface area contributed by atoms with Gasteiger partial charge in [0, 0.05) is 5.56 Å². The lowest BCUT2D eigenvalue weighted by Gasteiger charge is -2.08. The fraction of sp³-hybridized carbons (Fsp3) is 0.174. The number of oxime groups is 1. The number of ether oxygens (including phenoxy) is 3. The Bertz CT molecular complexity index is 1210. The smallest absolute Gasteiger partial charge is 0.437 e. The molecule has 0 saturated carbocycles. The lowest BCUT2D eigenvalue weighted by atomic mass is 10.1. The maximum Gasteiger partial charge on any atom is 0.437 e. The van der Waals surface area contributed by atoms with E-state index in [1.54, 1.807) is 24.3 Å². The van der Waals surface area contributed by atoms with Gasteiger partial charge in [0.15, 0.2) is 5.71 Å². The maximum atomic E-state index is 12.3. The van der Waals surface area contributed by atoms with Crippen LogP contribution in [0.1, 0.15) is 5.56 Å². The Morgan fingerprint density at radius 3 is 1.46 bits per heavy atom. The summed E-state index contributed by atoms with van der Waals surface area (Å²) >= 11 is 0. The van der Waals surface area contributed by atoms with Crippen molar-refractivity contribution in [1.29, 1.82) is 0 Å². The number of rotatable bonds is 7. The number of methoxy groups -OCH3 is 3. The van der Waals surface area contributed by atoms with E-state index >= 15 is 0 Å². The van der Waals surface area contributed by atoms with Gasteiger partial charge in [-0.1, -0.05) is 5.16 Å². The second-order valence-electron chi connectivity index (χ2n) is 6.56. The molecule has 0 saturated heterocycles. The molecule has 1 N–H and O–H groups in total. The molecule has 0 atom stereocenters. The van der Waals surface area contributed by atoms with Crippen LogP contribution in [-0.4, -0.2) is 46.8 Å². The summed E-state index contributed by atoms with van der Waals surface area (Å²) in [4.78, 5) is 0.0640. The van der Waals surface area contributed by atoms with Gasteiger partial charge in [-0.15, -0.1) is 0 Å². The summed E-state index contributed by atoms with van der Waals surface area (Å²) in [6.45, 7) is 0. The minimum atomic E-state index is -4.68. The van der Waals surface area contributed by atoms with E-state index in [-0.39, 0.29) is 16.2 Å². The summed E-state index contributed by atoms with van der Waals surface area (Å²) in [5, 5.41) is 10.5. The molecule has 12 heteroatoms. The van der Waals surface area contributed by atoms with Crippen LogP contribution in [0.5, 0.6) is 23.0 Å². The lowest BCUT2D eigenvalue weighted by Crippen LogP contribution is -2.23. The molecule has 0 aliphatic carbocycles. The SMILES string of the molecule is COc1ccc(C(=NO)C(F)(F)F)cc1.COc1ccc(OS(=O)(=O)c2ccc(OC)cc2)cc1. The Labute approximate surface area is 200 Å². The highest BCUT2D eigenvalue weighted by Crippen LogP contribution is 2.24. The first-order valence-corrected chi connectivity index (χ1v) is 11.1. The average molecular weight is 513 g/mol. The minimum absolute atomic E-state index is 0.0640. The first kappa shape index (κ1) is 27.3. The van der Waals surface area contributed by atoms with Crippen LogP contribution in [0.15, 0.2) is 82.8 Å². The van der Waals surface area contributed by atoms with Crippen molar-refractivity contribution in [3.05, 3.63) is 78.4 Å². The number of halogens is 3. The van der Waals surface area contributed by atoms with E-state index in [9.17, 15) is 21.6 Å². The summed E-state index contributed by atoms with van der Waals surface area (Å²) < 4.78 is 80.7. The largest absolute Gasteiger partial charge is 0.497 e. The van der Waals surface area contributed by atoms with Crippen LogP contribution in [0, 0.1) is 0 Å². The van der Waals surface area contributed by atoms with E-state index < -0.39 is 22.0 Å². The fourth-order valence-electron chi connectivity index (χ4n) is 2.58. The fourth-order valence-corrected chi connectivity index (χ4v) is 3.51. The van der Waals surface area contributed by atoms with Crippen LogP contribution in [0.4, 0.5) is 13.2 Å². The molecule has 0 heterocycles. The van der Waals surface area contributed by atoms with Crippen molar-refractivity contribution >= 4 is 15.8 Å². The molecule has 35 heavy (non-hydrogen) atoms. The Morgan fingerprint density at radius 2 is 1.09 bits per heavy atom. The van der Waals surface area contributed by atoms with Crippen molar-refractivity contribution in [3.8, 4) is 23.0 Å². The molecule has 3 aromatic rings. The highest BCUT2D eigenvalue weighted by atomic mass is 32.2. The van der Waals surface area contributed by atoms with Crippen LogP contribution in [0.2, 0.25) is 0 Å². The maximum absolute atomic E-state index is 12.3. The number of nitrogens with zero attached hydrogens (tertiary/aromatic N) is 1. The van der Waals surface area contributed by atoms with Crippen molar-refractivity contribution in [2.45, 2.75) is 11.1 Å². The number of hydrogen-bond acceptors (Lipinski definition) is 8. The van der Waals surface area contributed by atoms with Crippen molar-refractivity contribution in [1.82, 2.24) is 0 Å². The number of hydrogen-bond donors (Lipinski definition) is 1. The van der Waals surface area contributed by atoms with Crippen molar-refractivity contribution in [2.75, 3.05) is 21.3 Å². The van der Waals surface area contributed by atoms with E-state index in [0.717, 1.165) is 0 Å². The van der Waals surface area contributed by atoms with Gasteiger partial charge in [-0.05, 0) is 72.8 Å². The van der Waals surface area contributed by atoms with Crippen LogP contribution < -0.4 is 18.4 Å². The first-order chi connectivity index (χ1) is 16.5. The van der Waals surface area contributed by atoms with Crippen molar-refractivity contribution in [2.24, 2.45) is 5.16 Å². The van der Waals surface area contributed by atoms with E-state index in [2.05, 4.69) is 5.16 Å². The molecule has 0 aliphatic heterocycles. The van der Waals surface area contributed by atoms with Crippen molar-refractivity contribution in [3.63, 3.8) is 0 Å². The molecule has 3 aromatic carbocycles. The number of alkyl halides is 3. The molecular weight excluding hydrogens is 491 g/mol. The molecule has 188 valence electrons. The van der Waals surface area contributed by atoms with Gasteiger partial charge in [-0.25, -0.2) is 0 Å². The Kier molecular flexibility index (Phi) is 9.34. The second kappa shape index (κ2) is 12.0. The zero-order valence-electron chi connectivity index (χ0n) is 18.8. The third-order valence-corrected chi connectivity index (χ3v) is 5.61. The Hall–Kier alpha value is -3.93. The monoisotopic (exact) mass is 513 g/mol. The van der Waals surface area contributed by atoms with Crippen LogP contribution in [0.25, 0.3) is 0 Å². The molecule has 0 unspecified atom stereocenters. The third-order valence-electron chi connectivity index (χ3n) is 4.35. The summed E-state index contributed by atoms with van der Waals surface area (Å²) in [6.07, 6.45) is -4.68. The predicted molar refractivity (Wildman–Crippen MR) is 121 cm³/mol. The number of benzene rings is 3. The molecule has 0 bridgehead atoms. The summed E-state index contributed by atoms with van der Waals surface area (Å²) in [7, 11) is 0.591. The second-order valence-corrected chi connectivity index (χ2v) is 8.11. The summed E-state index contributed by atoms with van der Waals surface area (Å²) in [6, 6.07) is 17.3. The minimum Gasteiger partial charge on any atom is -0.497 e. The molecule has 0 amide bonds. The van der Waals surface area contributed by atoms with E-state index in [0.29, 0.717) is 17.2 Å². The highest BCUT2D eigenvalue weighted by Gasteiger charge is 2.37. The summed E-state index contributed by atoms with van der Waals surface area (Å²) in [5.41, 5.74) is -1.55. The lowest BCUT2D eigenvalue weighted by molar-refractivity contribution is -0.0601. The van der Waals surface area contributed by atoms with E-state index in [4.69, 9.17) is 23.6 Å². The Morgan fingerprint density at radius 1 is 0.714 bits per heavy atom. The first-order valence-electron chi connectivity index (χ1n) is 9.70. The van der Waals surface area contributed by atoms with E-state index in [1.807, 2.05) is 0 Å². The predicted octanol–water partition coefficient (Wildman–Crippen LogP) is 4.91. The van der Waals surface area contributed by atoms with Gasteiger partial charge in [0.1, 0.15) is 27.9 Å². The molecule has 3 rings (SSSR count). The zero-order chi connectivity index (χ0) is 26.1. The molecule has 0 spiro atoms. The molecule has 8 nitrogen and oxygen atoms in total. The average Bonchev–Trinajstić information content (AvgIpc) is 2.85. The van der Waals surface area contributed by atoms with Gasteiger partial charge in [0.25, 0.3) is 0 Å². The van der Waals surface area contributed by atoms with Gasteiger partial charge in [-0.2, -0.15) is 21.6 Å². The molecular formula is C23H22F3NO7S. The quantitative estimate of drug-likeness (QED) is 0.207. The molecule has 0 aromatic heterocycles. The zero-order valence-corrected chi connectivity index (χ0v) is 19.6. The van der Waals surface area contributed by atoms with Gasteiger partial charge >= 0.3 is 16.3 Å². The van der Waals surface area contributed by atoms with Crippen molar-refractivity contribution < 1.29 is 45.2 Å². The molecule has 0 fully saturated rings. The highest BCUT2D eigenvalue weighted by molar-refractivity contribution is 7.87. The van der Waals surface area contributed by atoms with Crippen LogP contribution in [0.3, 0.4) is 0 Å². The van der Waals surface area contributed by atoms with Crippen LogP contribution in [-0.2, 0) is 10.1 Å². The standard InChI is InChI=1S/C14H14O5S.C9H8F3NO2/c1-17-11-3-5-13(6-4-11)19-20(15,16)14-9-7-12(18-2)8-10-14;1-15-7-4-2-6(3-5-7)8(13-14)9(10,11)12/h3-10H,1-2H3;2-5,14H,1H3. The summed E-state index contributed by atoms with van der Waals surface area (Å²) in [5.74, 6) is 1.85. The van der Waals surface area contributed by atoms with Gasteiger partial charge < -0.3 is 23.6 Å². The van der Waals surface area contributed by atoms with E-state index in [1.165, 1.54) is 69.9 Å². The van der Waals surface area contributed by atoms with Gasteiger partial charge in [0.2, 0.25) is 0 Å². The van der Waals surface area contributed by atoms with Crippen LogP contribution >= 0.6 is 0 Å². The molecule has 0 radical (unpaired) electrons. The normalized spacial score (nSPS) is 11.7. The van der Waals surface area contributed by atoms with Gasteiger partial charge in [-0.3, -0.25) is 0 Å². The third kappa shape index (κ3) is 7.81. The molecule has 0 aliphatic rings. The van der Waals surface area contributed by atoms with Gasteiger partial charge in [0.05, 0.1) is 21.3 Å².